The number of carbonyl (C=O) groups is 1. The molecular formula is C21H29N3O4. The van der Waals surface area contributed by atoms with E-state index in [9.17, 15) is 4.79 Å². The van der Waals surface area contributed by atoms with Gasteiger partial charge in [-0.05, 0) is 50.8 Å². The number of nitrogens with one attached hydrogen (secondary N) is 1. The Kier molecular flexibility index (Phi) is 6.42. The summed E-state index contributed by atoms with van der Waals surface area (Å²) in [5.41, 5.74) is 2.02. The molecule has 7 heteroatoms. The quantitative estimate of drug-likeness (QED) is 0.446. The first-order valence-corrected chi connectivity index (χ1v) is 9.95. The van der Waals surface area contributed by atoms with E-state index in [4.69, 9.17) is 21.3 Å². The van der Waals surface area contributed by atoms with Crippen molar-refractivity contribution in [3.8, 4) is 11.5 Å². The highest BCUT2D eigenvalue weighted by molar-refractivity contribution is 5.80. The molecule has 1 aromatic rings. The van der Waals surface area contributed by atoms with Gasteiger partial charge in [0.15, 0.2) is 11.5 Å². The third-order valence-corrected chi connectivity index (χ3v) is 6.17. The normalized spacial score (nSPS) is 20.9. The molecule has 3 rings (SSSR count). The highest BCUT2D eigenvalue weighted by Gasteiger charge is 2.44. The van der Waals surface area contributed by atoms with Crippen LogP contribution in [-0.4, -0.2) is 48.4 Å². The van der Waals surface area contributed by atoms with Crippen molar-refractivity contribution in [2.24, 2.45) is 0 Å². The summed E-state index contributed by atoms with van der Waals surface area (Å²) in [7, 11) is 1.63. The number of amides is 1. The van der Waals surface area contributed by atoms with Crippen molar-refractivity contribution in [2.45, 2.75) is 63.1 Å². The zero-order valence-corrected chi connectivity index (χ0v) is 16.6. The Hall–Kier alpha value is -2.30. The van der Waals surface area contributed by atoms with Gasteiger partial charge in [0.05, 0.1) is 19.3 Å². The van der Waals surface area contributed by atoms with E-state index in [2.05, 4.69) is 4.85 Å². The van der Waals surface area contributed by atoms with E-state index in [1.54, 1.807) is 19.5 Å². The number of benzene rings is 1. The number of hydroxylamine groups is 1. The highest BCUT2D eigenvalue weighted by atomic mass is 16.5. The van der Waals surface area contributed by atoms with Gasteiger partial charge in [-0.3, -0.25) is 14.9 Å². The molecule has 1 saturated heterocycles. The standard InChI is InChI=1S/C21H29N3O4/c1-15(20(25)23-26)24-12-10-21(22-2,11-13-24)16-8-9-18(27-3)19(14-16)28-17-6-4-5-7-17/h8-9,14-15,17,26H,4-7,10-13H2,1,3H3,(H,23,25)/t15-/m1/s1. The van der Waals surface area contributed by atoms with Gasteiger partial charge >= 0.3 is 0 Å². The summed E-state index contributed by atoms with van der Waals surface area (Å²) in [6.07, 6.45) is 5.95. The van der Waals surface area contributed by atoms with Gasteiger partial charge in [0.1, 0.15) is 0 Å². The molecule has 0 radical (unpaired) electrons. The Morgan fingerprint density at radius 2 is 2.00 bits per heavy atom. The molecule has 1 aliphatic carbocycles. The van der Waals surface area contributed by atoms with Crippen molar-refractivity contribution >= 4 is 5.91 Å². The lowest BCUT2D eigenvalue weighted by Gasteiger charge is -2.36. The van der Waals surface area contributed by atoms with E-state index in [-0.39, 0.29) is 6.10 Å². The zero-order valence-electron chi connectivity index (χ0n) is 16.6. The molecule has 1 aliphatic heterocycles. The molecule has 1 heterocycles. The van der Waals surface area contributed by atoms with Crippen LogP contribution in [0.3, 0.4) is 0 Å². The van der Waals surface area contributed by atoms with Gasteiger partial charge in [0.2, 0.25) is 0 Å². The molecule has 1 saturated carbocycles. The third kappa shape index (κ3) is 4.08. The maximum atomic E-state index is 11.7. The van der Waals surface area contributed by atoms with Crippen LogP contribution in [0.5, 0.6) is 11.5 Å². The maximum Gasteiger partial charge on any atom is 0.260 e. The van der Waals surface area contributed by atoms with E-state index in [0.29, 0.717) is 37.4 Å². The lowest BCUT2D eigenvalue weighted by Crippen LogP contribution is -2.50. The second-order valence-corrected chi connectivity index (χ2v) is 7.72. The monoisotopic (exact) mass is 387 g/mol. The van der Waals surface area contributed by atoms with Gasteiger partial charge in [-0.15, -0.1) is 0 Å². The molecule has 7 nitrogen and oxygen atoms in total. The molecule has 28 heavy (non-hydrogen) atoms. The average molecular weight is 387 g/mol. The molecular weight excluding hydrogens is 358 g/mol. The SMILES string of the molecule is [C-]#[N+]C1(c2ccc(OC)c(OC3CCCC3)c2)CCN([C@H](C)C(=O)NO)CC1. The van der Waals surface area contributed by atoms with E-state index in [1.165, 1.54) is 12.8 Å². The number of ether oxygens (including phenoxy) is 2. The number of hydrogen-bond acceptors (Lipinski definition) is 5. The van der Waals surface area contributed by atoms with Crippen LogP contribution in [0.25, 0.3) is 4.85 Å². The van der Waals surface area contributed by atoms with Crippen LogP contribution >= 0.6 is 0 Å². The molecule has 2 aliphatic rings. The fourth-order valence-corrected chi connectivity index (χ4v) is 4.25. The fourth-order valence-electron chi connectivity index (χ4n) is 4.25. The number of likely N-dealkylation sites (tertiary alicyclic amines) is 1. The van der Waals surface area contributed by atoms with E-state index in [0.717, 1.165) is 18.4 Å². The molecule has 0 bridgehead atoms. The Morgan fingerprint density at radius 1 is 1.32 bits per heavy atom. The molecule has 152 valence electrons. The first-order valence-electron chi connectivity index (χ1n) is 9.95. The first-order chi connectivity index (χ1) is 13.5. The Morgan fingerprint density at radius 3 is 2.57 bits per heavy atom. The van der Waals surface area contributed by atoms with Crippen molar-refractivity contribution < 1.29 is 19.5 Å². The molecule has 1 atom stereocenters. The minimum Gasteiger partial charge on any atom is -0.493 e. The number of methoxy groups -OCH3 is 1. The van der Waals surface area contributed by atoms with Crippen molar-refractivity contribution in [2.75, 3.05) is 20.2 Å². The minimum atomic E-state index is -0.633. The molecule has 2 fully saturated rings. The molecule has 0 spiro atoms. The minimum absolute atomic E-state index is 0.215. The summed E-state index contributed by atoms with van der Waals surface area (Å²) in [5, 5.41) is 8.86. The number of hydrogen-bond donors (Lipinski definition) is 2. The van der Waals surface area contributed by atoms with Crippen molar-refractivity contribution in [1.82, 2.24) is 10.4 Å². The van der Waals surface area contributed by atoms with Gasteiger partial charge < -0.3 is 14.3 Å². The smallest absolute Gasteiger partial charge is 0.260 e. The number of nitrogens with zero attached hydrogens (tertiary/aromatic N) is 2. The molecule has 0 unspecified atom stereocenters. The number of rotatable bonds is 6. The van der Waals surface area contributed by atoms with Crippen LogP contribution in [0.15, 0.2) is 18.2 Å². The molecule has 0 aromatic heterocycles. The Labute approximate surface area is 166 Å². The van der Waals surface area contributed by atoms with Gasteiger partial charge in [-0.25, -0.2) is 12.1 Å². The third-order valence-electron chi connectivity index (χ3n) is 6.17. The number of piperidine rings is 1. The predicted octanol–water partition coefficient (Wildman–Crippen LogP) is 3.12. The largest absolute Gasteiger partial charge is 0.493 e. The summed E-state index contributed by atoms with van der Waals surface area (Å²) < 4.78 is 11.7. The molecule has 1 aromatic carbocycles. The van der Waals surface area contributed by atoms with Crippen LogP contribution < -0.4 is 15.0 Å². The zero-order chi connectivity index (χ0) is 20.1. The van der Waals surface area contributed by atoms with Crippen LogP contribution in [0.2, 0.25) is 0 Å². The summed E-state index contributed by atoms with van der Waals surface area (Å²) >= 11 is 0. The van der Waals surface area contributed by atoms with Crippen LogP contribution in [0, 0.1) is 6.57 Å². The van der Waals surface area contributed by atoms with Gasteiger partial charge in [-0.2, -0.15) is 0 Å². The van der Waals surface area contributed by atoms with Crippen LogP contribution in [0.4, 0.5) is 0 Å². The van der Waals surface area contributed by atoms with Crippen molar-refractivity contribution in [1.29, 1.82) is 0 Å². The second kappa shape index (κ2) is 8.80. The topological polar surface area (TPSA) is 75.4 Å². The van der Waals surface area contributed by atoms with Crippen LogP contribution in [0.1, 0.15) is 51.0 Å². The van der Waals surface area contributed by atoms with E-state index < -0.39 is 17.5 Å². The summed E-state index contributed by atoms with van der Waals surface area (Å²) in [5.74, 6) is 0.985. The van der Waals surface area contributed by atoms with Crippen molar-refractivity contribution in [3.63, 3.8) is 0 Å². The average Bonchev–Trinajstić information content (AvgIpc) is 3.25. The molecule has 2 N–H and O–H groups in total. The second-order valence-electron chi connectivity index (χ2n) is 7.72. The summed E-state index contributed by atoms with van der Waals surface area (Å²) in [6.45, 7) is 10.9. The number of carbonyl (C=O) groups excluding carboxylic acids is 1. The summed E-state index contributed by atoms with van der Waals surface area (Å²) in [6, 6.07) is 5.39. The van der Waals surface area contributed by atoms with Crippen LogP contribution in [-0.2, 0) is 10.3 Å². The lowest BCUT2D eigenvalue weighted by molar-refractivity contribution is -0.134. The van der Waals surface area contributed by atoms with Crippen molar-refractivity contribution in [3.05, 3.63) is 35.2 Å². The van der Waals surface area contributed by atoms with E-state index in [1.807, 2.05) is 23.1 Å². The highest BCUT2D eigenvalue weighted by Crippen LogP contribution is 2.42. The fraction of sp³-hybridized carbons (Fsp3) is 0.619. The Balaban J connectivity index is 1.79. The van der Waals surface area contributed by atoms with Gasteiger partial charge in [-0.1, -0.05) is 0 Å². The van der Waals surface area contributed by atoms with E-state index >= 15 is 0 Å². The molecule has 1 amide bonds. The maximum absolute atomic E-state index is 11.7. The Bertz CT molecular complexity index is 732. The summed E-state index contributed by atoms with van der Waals surface area (Å²) in [4.78, 5) is 17.7. The lowest BCUT2D eigenvalue weighted by atomic mass is 9.81. The first kappa shape index (κ1) is 20.4. The predicted molar refractivity (Wildman–Crippen MR) is 104 cm³/mol. The van der Waals surface area contributed by atoms with Gasteiger partial charge in [0, 0.05) is 31.5 Å². The van der Waals surface area contributed by atoms with Gasteiger partial charge in [0.25, 0.3) is 11.4 Å².